The van der Waals surface area contributed by atoms with E-state index in [0.717, 1.165) is 22.4 Å². The van der Waals surface area contributed by atoms with Crippen molar-refractivity contribution in [2.75, 3.05) is 5.32 Å². The maximum atomic E-state index is 11.5. The molecule has 0 fully saturated rings. The van der Waals surface area contributed by atoms with Crippen molar-refractivity contribution in [3.8, 4) is 11.1 Å². The zero-order valence-corrected chi connectivity index (χ0v) is 17.3. The molecule has 0 aliphatic heterocycles. The van der Waals surface area contributed by atoms with Gasteiger partial charge in [-0.2, -0.15) is 5.10 Å². The van der Waals surface area contributed by atoms with E-state index in [1.165, 1.54) is 6.07 Å². The summed E-state index contributed by atoms with van der Waals surface area (Å²) in [5, 5.41) is 20.1. The number of para-hydroxylation sites is 2. The number of halogens is 1. The van der Waals surface area contributed by atoms with Crippen molar-refractivity contribution in [1.82, 2.24) is 9.78 Å². The summed E-state index contributed by atoms with van der Waals surface area (Å²) < 4.78 is 1.85. The molecule has 0 saturated carbocycles. The molecule has 3 aromatic rings. The van der Waals surface area contributed by atoms with E-state index in [1.54, 1.807) is 18.2 Å². The maximum Gasteiger partial charge on any atom is 0.292 e. The van der Waals surface area contributed by atoms with Gasteiger partial charge in [0.05, 0.1) is 16.2 Å². The number of aryl methyl sites for hydroxylation is 2. The Morgan fingerprint density at radius 3 is 2.43 bits per heavy atom. The van der Waals surface area contributed by atoms with Gasteiger partial charge >= 0.3 is 0 Å². The average molecular weight is 399 g/mol. The zero-order valence-electron chi connectivity index (χ0n) is 16.6. The normalized spacial score (nSPS) is 11.5. The highest BCUT2D eigenvalue weighted by molar-refractivity contribution is 6.33. The van der Waals surface area contributed by atoms with E-state index in [2.05, 4.69) is 5.32 Å². The predicted octanol–water partition coefficient (Wildman–Crippen LogP) is 6.23. The SMILES string of the molecule is Cc1ccc(-c2c(C)nn(C(C)(C)C)c2Nc2ccccc2[N+](=O)[O-])c(Cl)c1. The molecular formula is C21H23ClN4O2. The highest BCUT2D eigenvalue weighted by Crippen LogP contribution is 2.41. The van der Waals surface area contributed by atoms with Gasteiger partial charge in [-0.05, 0) is 52.3 Å². The molecule has 0 radical (unpaired) electrons. The number of anilines is 2. The van der Waals surface area contributed by atoms with Crippen molar-refractivity contribution < 1.29 is 4.92 Å². The van der Waals surface area contributed by atoms with Gasteiger partial charge in [-0.15, -0.1) is 0 Å². The Bertz CT molecular complexity index is 1050. The smallest absolute Gasteiger partial charge is 0.292 e. The summed E-state index contributed by atoms with van der Waals surface area (Å²) >= 11 is 6.54. The molecule has 0 saturated heterocycles. The lowest BCUT2D eigenvalue weighted by molar-refractivity contribution is -0.383. The van der Waals surface area contributed by atoms with Gasteiger partial charge in [-0.1, -0.05) is 35.9 Å². The van der Waals surface area contributed by atoms with Gasteiger partial charge in [-0.3, -0.25) is 10.1 Å². The lowest BCUT2D eigenvalue weighted by atomic mass is 10.0. The van der Waals surface area contributed by atoms with Crippen molar-refractivity contribution in [3.63, 3.8) is 0 Å². The average Bonchev–Trinajstić information content (AvgIpc) is 2.92. The van der Waals surface area contributed by atoms with Gasteiger partial charge in [0.25, 0.3) is 5.69 Å². The second-order valence-electron chi connectivity index (χ2n) is 7.77. The topological polar surface area (TPSA) is 73.0 Å². The Labute approximate surface area is 169 Å². The van der Waals surface area contributed by atoms with Crippen LogP contribution in [0.2, 0.25) is 5.02 Å². The molecule has 0 amide bonds. The van der Waals surface area contributed by atoms with Crippen LogP contribution in [0.1, 0.15) is 32.0 Å². The summed E-state index contributed by atoms with van der Waals surface area (Å²) in [6.07, 6.45) is 0. The van der Waals surface area contributed by atoms with Crippen molar-refractivity contribution >= 4 is 28.8 Å². The highest BCUT2D eigenvalue weighted by atomic mass is 35.5. The number of benzene rings is 2. The summed E-state index contributed by atoms with van der Waals surface area (Å²) in [6.45, 7) is 9.99. The molecule has 1 heterocycles. The largest absolute Gasteiger partial charge is 0.334 e. The minimum Gasteiger partial charge on any atom is -0.334 e. The molecule has 3 rings (SSSR count). The van der Waals surface area contributed by atoms with Gasteiger partial charge in [0.1, 0.15) is 11.5 Å². The van der Waals surface area contributed by atoms with Crippen LogP contribution >= 0.6 is 11.6 Å². The quantitative estimate of drug-likeness (QED) is 0.417. The number of nitrogens with one attached hydrogen (secondary N) is 1. The Kier molecular flexibility index (Phi) is 5.17. The number of nitrogens with zero attached hydrogens (tertiary/aromatic N) is 3. The zero-order chi connectivity index (χ0) is 20.6. The molecule has 0 aliphatic rings. The van der Waals surface area contributed by atoms with Crippen LogP contribution in [0.4, 0.5) is 17.2 Å². The lowest BCUT2D eigenvalue weighted by Crippen LogP contribution is -2.24. The number of hydrogen-bond acceptors (Lipinski definition) is 4. The van der Waals surface area contributed by atoms with Crippen molar-refractivity contribution in [1.29, 1.82) is 0 Å². The molecule has 146 valence electrons. The number of aromatic nitrogens is 2. The van der Waals surface area contributed by atoms with Crippen molar-refractivity contribution in [2.24, 2.45) is 0 Å². The van der Waals surface area contributed by atoms with E-state index >= 15 is 0 Å². The Balaban J connectivity index is 2.26. The molecule has 0 unspecified atom stereocenters. The van der Waals surface area contributed by atoms with Crippen LogP contribution in [0.3, 0.4) is 0 Å². The third-order valence-corrected chi connectivity index (χ3v) is 4.76. The number of hydrogen-bond donors (Lipinski definition) is 1. The summed E-state index contributed by atoms with van der Waals surface area (Å²) in [7, 11) is 0. The van der Waals surface area contributed by atoms with Crippen LogP contribution in [0.25, 0.3) is 11.1 Å². The minimum atomic E-state index is -0.397. The summed E-state index contributed by atoms with van der Waals surface area (Å²) in [4.78, 5) is 11.1. The lowest BCUT2D eigenvalue weighted by Gasteiger charge is -2.23. The monoisotopic (exact) mass is 398 g/mol. The van der Waals surface area contributed by atoms with E-state index in [4.69, 9.17) is 16.7 Å². The van der Waals surface area contributed by atoms with Crippen molar-refractivity contribution in [2.45, 2.75) is 40.2 Å². The molecular weight excluding hydrogens is 376 g/mol. The first-order valence-corrected chi connectivity index (χ1v) is 9.34. The molecule has 1 N–H and O–H groups in total. The first kappa shape index (κ1) is 19.9. The fourth-order valence-electron chi connectivity index (χ4n) is 3.14. The van der Waals surface area contributed by atoms with Crippen LogP contribution in [-0.4, -0.2) is 14.7 Å². The summed E-state index contributed by atoms with van der Waals surface area (Å²) in [5.74, 6) is 0.671. The van der Waals surface area contributed by atoms with Crippen LogP contribution in [0, 0.1) is 24.0 Å². The van der Waals surface area contributed by atoms with Gasteiger partial charge in [0, 0.05) is 22.2 Å². The minimum absolute atomic E-state index is 0.00256. The van der Waals surface area contributed by atoms with Gasteiger partial charge in [0.2, 0.25) is 0 Å². The Morgan fingerprint density at radius 2 is 1.82 bits per heavy atom. The van der Waals surface area contributed by atoms with Crippen molar-refractivity contribution in [3.05, 3.63) is 68.9 Å². The van der Waals surface area contributed by atoms with Gasteiger partial charge in [0.15, 0.2) is 0 Å². The summed E-state index contributed by atoms with van der Waals surface area (Å²) in [5.41, 5.74) is 3.58. The van der Waals surface area contributed by atoms with E-state index < -0.39 is 4.92 Å². The second-order valence-corrected chi connectivity index (χ2v) is 8.18. The highest BCUT2D eigenvalue weighted by Gasteiger charge is 2.27. The number of nitro groups is 1. The standard InChI is InChI=1S/C21H23ClN4O2/c1-13-10-11-15(16(22)12-13)19-14(2)24-25(21(3,4)5)20(19)23-17-8-6-7-9-18(17)26(27)28/h6-12,23H,1-5H3. The number of rotatable bonds is 4. The Hall–Kier alpha value is -2.86. The first-order valence-electron chi connectivity index (χ1n) is 8.96. The fraction of sp³-hybridized carbons (Fsp3) is 0.286. The van der Waals surface area contributed by atoms with E-state index in [9.17, 15) is 10.1 Å². The van der Waals surface area contributed by atoms with Crippen LogP contribution < -0.4 is 5.32 Å². The molecule has 2 aromatic carbocycles. The van der Waals surface area contributed by atoms with Gasteiger partial charge < -0.3 is 5.32 Å². The Morgan fingerprint density at radius 1 is 1.14 bits per heavy atom. The summed E-state index contributed by atoms with van der Waals surface area (Å²) in [6, 6.07) is 12.4. The number of nitro benzene ring substituents is 1. The third kappa shape index (κ3) is 3.73. The third-order valence-electron chi connectivity index (χ3n) is 4.44. The molecule has 0 atom stereocenters. The van der Waals surface area contributed by atoms with Crippen LogP contribution in [0.15, 0.2) is 42.5 Å². The predicted molar refractivity (Wildman–Crippen MR) is 114 cm³/mol. The molecule has 0 bridgehead atoms. The molecule has 28 heavy (non-hydrogen) atoms. The van der Waals surface area contributed by atoms with Crippen LogP contribution in [0.5, 0.6) is 0 Å². The van der Waals surface area contributed by atoms with E-state index in [0.29, 0.717) is 16.5 Å². The first-order chi connectivity index (χ1) is 13.1. The van der Waals surface area contributed by atoms with E-state index in [-0.39, 0.29) is 11.2 Å². The molecule has 7 heteroatoms. The van der Waals surface area contributed by atoms with Crippen LogP contribution in [-0.2, 0) is 5.54 Å². The molecule has 0 aliphatic carbocycles. The van der Waals surface area contributed by atoms with E-state index in [1.807, 2.05) is 57.5 Å². The molecule has 1 aromatic heterocycles. The second kappa shape index (κ2) is 7.28. The fourth-order valence-corrected chi connectivity index (χ4v) is 3.47. The van der Waals surface area contributed by atoms with Gasteiger partial charge in [-0.25, -0.2) is 4.68 Å². The maximum absolute atomic E-state index is 11.5. The molecule has 6 nitrogen and oxygen atoms in total. The molecule has 0 spiro atoms.